The average molecular weight is 236 g/mol. The van der Waals surface area contributed by atoms with Gasteiger partial charge < -0.3 is 10.8 Å². The largest absolute Gasteiger partial charge is 0.477 e. The molecule has 1 amide bonds. The van der Waals surface area contributed by atoms with E-state index in [-0.39, 0.29) is 0 Å². The fraction of sp³-hybridized carbons (Fsp3) is 0. The Morgan fingerprint density at radius 2 is 2.06 bits per heavy atom. The SMILES string of the molecule is NC(=O)C=Cc1ccc([N+](=O)[O-])c(C(=O)O)c1. The fourth-order valence-corrected chi connectivity index (χ4v) is 1.17. The summed E-state index contributed by atoms with van der Waals surface area (Å²) in [5, 5.41) is 19.3. The minimum Gasteiger partial charge on any atom is -0.477 e. The Hall–Kier alpha value is -2.70. The molecule has 0 aliphatic carbocycles. The summed E-state index contributed by atoms with van der Waals surface area (Å²) in [6, 6.07) is 3.48. The van der Waals surface area contributed by atoms with E-state index in [9.17, 15) is 19.7 Å². The van der Waals surface area contributed by atoms with Gasteiger partial charge in [-0.15, -0.1) is 0 Å². The van der Waals surface area contributed by atoms with E-state index >= 15 is 0 Å². The van der Waals surface area contributed by atoms with Gasteiger partial charge in [-0.05, 0) is 23.8 Å². The second-order valence-corrected chi connectivity index (χ2v) is 3.07. The van der Waals surface area contributed by atoms with E-state index in [1.807, 2.05) is 0 Å². The third-order valence-electron chi connectivity index (χ3n) is 1.89. The van der Waals surface area contributed by atoms with Crippen molar-refractivity contribution in [2.75, 3.05) is 0 Å². The summed E-state index contributed by atoms with van der Waals surface area (Å²) < 4.78 is 0. The number of rotatable bonds is 4. The number of hydrogen-bond acceptors (Lipinski definition) is 4. The lowest BCUT2D eigenvalue weighted by molar-refractivity contribution is -0.385. The van der Waals surface area contributed by atoms with Crippen LogP contribution in [0.5, 0.6) is 0 Å². The van der Waals surface area contributed by atoms with Crippen molar-refractivity contribution >= 4 is 23.6 Å². The Labute approximate surface area is 95.3 Å². The fourth-order valence-electron chi connectivity index (χ4n) is 1.17. The molecule has 1 aromatic rings. The number of hydrogen-bond donors (Lipinski definition) is 2. The van der Waals surface area contributed by atoms with Crippen molar-refractivity contribution in [2.45, 2.75) is 0 Å². The van der Waals surface area contributed by atoms with Gasteiger partial charge in [0.1, 0.15) is 5.56 Å². The number of primary amides is 1. The second-order valence-electron chi connectivity index (χ2n) is 3.07. The third kappa shape index (κ3) is 3.13. The van der Waals surface area contributed by atoms with E-state index in [4.69, 9.17) is 10.8 Å². The second kappa shape index (κ2) is 4.88. The lowest BCUT2D eigenvalue weighted by Gasteiger charge is -1.99. The van der Waals surface area contributed by atoms with E-state index in [0.717, 1.165) is 18.2 Å². The number of nitrogens with zero attached hydrogens (tertiary/aromatic N) is 1. The lowest BCUT2D eigenvalue weighted by atomic mass is 10.1. The molecule has 0 saturated carbocycles. The Kier molecular flexibility index (Phi) is 3.55. The Balaban J connectivity index is 3.23. The first kappa shape index (κ1) is 12.4. The molecule has 0 aliphatic rings. The number of aromatic carboxylic acids is 1. The van der Waals surface area contributed by atoms with Gasteiger partial charge >= 0.3 is 5.97 Å². The maximum atomic E-state index is 10.8. The molecule has 0 bridgehead atoms. The van der Waals surface area contributed by atoms with E-state index in [1.54, 1.807) is 0 Å². The summed E-state index contributed by atoms with van der Waals surface area (Å²) in [4.78, 5) is 31.0. The number of nitro benzene ring substituents is 1. The van der Waals surface area contributed by atoms with Crippen LogP contribution in [-0.4, -0.2) is 21.9 Å². The monoisotopic (exact) mass is 236 g/mol. The van der Waals surface area contributed by atoms with Crippen LogP contribution in [0, 0.1) is 10.1 Å². The van der Waals surface area contributed by atoms with Crippen LogP contribution in [0.1, 0.15) is 15.9 Å². The molecule has 17 heavy (non-hydrogen) atoms. The molecule has 1 rings (SSSR count). The Bertz CT molecular complexity index is 521. The third-order valence-corrected chi connectivity index (χ3v) is 1.89. The molecule has 0 radical (unpaired) electrons. The topological polar surface area (TPSA) is 124 Å². The van der Waals surface area contributed by atoms with Crippen molar-refractivity contribution in [3.63, 3.8) is 0 Å². The van der Waals surface area contributed by atoms with Crippen molar-refractivity contribution in [1.29, 1.82) is 0 Å². The quantitative estimate of drug-likeness (QED) is 0.454. The molecule has 0 aliphatic heterocycles. The van der Waals surface area contributed by atoms with E-state index in [1.165, 1.54) is 12.1 Å². The summed E-state index contributed by atoms with van der Waals surface area (Å²) in [6.45, 7) is 0. The highest BCUT2D eigenvalue weighted by Crippen LogP contribution is 2.20. The van der Waals surface area contributed by atoms with Crippen LogP contribution < -0.4 is 5.73 Å². The van der Waals surface area contributed by atoms with Gasteiger partial charge in [0.25, 0.3) is 5.69 Å². The van der Waals surface area contributed by atoms with Gasteiger partial charge in [0.2, 0.25) is 5.91 Å². The van der Waals surface area contributed by atoms with Gasteiger partial charge in [-0.2, -0.15) is 0 Å². The number of carboxylic acids is 1. The number of carbonyl (C=O) groups excluding carboxylic acids is 1. The highest BCUT2D eigenvalue weighted by atomic mass is 16.6. The van der Waals surface area contributed by atoms with Crippen LogP contribution in [0.25, 0.3) is 6.08 Å². The van der Waals surface area contributed by atoms with E-state index in [2.05, 4.69) is 0 Å². The van der Waals surface area contributed by atoms with Crippen LogP contribution in [0.3, 0.4) is 0 Å². The summed E-state index contributed by atoms with van der Waals surface area (Å²) in [5.74, 6) is -2.11. The van der Waals surface area contributed by atoms with Crippen molar-refractivity contribution in [2.24, 2.45) is 5.73 Å². The van der Waals surface area contributed by atoms with Crippen molar-refractivity contribution < 1.29 is 19.6 Å². The summed E-state index contributed by atoms with van der Waals surface area (Å²) in [5.41, 5.74) is 4.26. The molecule has 0 spiro atoms. The number of nitrogens with two attached hydrogens (primary N) is 1. The summed E-state index contributed by atoms with van der Waals surface area (Å²) in [7, 11) is 0. The number of carboxylic acid groups (broad SMARTS) is 1. The molecular weight excluding hydrogens is 228 g/mol. The van der Waals surface area contributed by atoms with E-state index < -0.39 is 28.1 Å². The van der Waals surface area contributed by atoms with Crippen molar-refractivity contribution in [3.05, 3.63) is 45.5 Å². The van der Waals surface area contributed by atoms with Gasteiger partial charge in [-0.1, -0.05) is 0 Å². The molecule has 0 atom stereocenters. The molecule has 0 fully saturated rings. The average Bonchev–Trinajstić information content (AvgIpc) is 2.25. The zero-order valence-corrected chi connectivity index (χ0v) is 8.49. The lowest BCUT2D eigenvalue weighted by Crippen LogP contribution is -2.05. The smallest absolute Gasteiger partial charge is 0.342 e. The van der Waals surface area contributed by atoms with Gasteiger partial charge in [0.05, 0.1) is 4.92 Å². The predicted molar refractivity (Wildman–Crippen MR) is 58.3 cm³/mol. The van der Waals surface area contributed by atoms with Crippen LogP contribution in [0.2, 0.25) is 0 Å². The standard InChI is InChI=1S/C10H8N2O5/c11-9(13)4-2-6-1-3-8(12(16)17)7(5-6)10(14)15/h1-5H,(H2,11,13)(H,14,15). The predicted octanol–water partition coefficient (Wildman–Crippen LogP) is 0.792. The molecular formula is C10H8N2O5. The number of carbonyl (C=O) groups is 2. The van der Waals surface area contributed by atoms with Crippen molar-refractivity contribution in [3.8, 4) is 0 Å². The molecule has 0 saturated heterocycles. The maximum absolute atomic E-state index is 10.8. The Morgan fingerprint density at radius 3 is 2.53 bits per heavy atom. The van der Waals surface area contributed by atoms with Gasteiger partial charge in [-0.3, -0.25) is 14.9 Å². The first-order valence-electron chi connectivity index (χ1n) is 4.41. The number of benzene rings is 1. The summed E-state index contributed by atoms with van der Waals surface area (Å²) in [6.07, 6.45) is 2.31. The highest BCUT2D eigenvalue weighted by Gasteiger charge is 2.19. The van der Waals surface area contributed by atoms with Crippen LogP contribution in [-0.2, 0) is 4.79 Å². The molecule has 7 heteroatoms. The molecule has 3 N–H and O–H groups in total. The summed E-state index contributed by atoms with van der Waals surface area (Å²) >= 11 is 0. The molecule has 88 valence electrons. The van der Waals surface area contributed by atoms with Crippen LogP contribution in [0.15, 0.2) is 24.3 Å². The normalized spacial score (nSPS) is 10.4. The van der Waals surface area contributed by atoms with Gasteiger partial charge in [0.15, 0.2) is 0 Å². The minimum absolute atomic E-state index is 0.340. The first-order valence-corrected chi connectivity index (χ1v) is 4.41. The zero-order chi connectivity index (χ0) is 13.0. The maximum Gasteiger partial charge on any atom is 0.342 e. The number of amides is 1. The molecule has 1 aromatic carbocycles. The Morgan fingerprint density at radius 1 is 1.41 bits per heavy atom. The first-order chi connectivity index (χ1) is 7.91. The molecule has 0 unspecified atom stereocenters. The molecule has 7 nitrogen and oxygen atoms in total. The van der Waals surface area contributed by atoms with Gasteiger partial charge in [0, 0.05) is 12.1 Å². The molecule has 0 aromatic heterocycles. The van der Waals surface area contributed by atoms with E-state index in [0.29, 0.717) is 5.56 Å². The van der Waals surface area contributed by atoms with Crippen LogP contribution in [0.4, 0.5) is 5.69 Å². The van der Waals surface area contributed by atoms with Gasteiger partial charge in [-0.25, -0.2) is 4.79 Å². The number of nitro groups is 1. The highest BCUT2D eigenvalue weighted by molar-refractivity contribution is 5.94. The zero-order valence-electron chi connectivity index (χ0n) is 8.49. The van der Waals surface area contributed by atoms with Crippen molar-refractivity contribution in [1.82, 2.24) is 0 Å². The van der Waals surface area contributed by atoms with Crippen LogP contribution >= 0.6 is 0 Å². The molecule has 0 heterocycles. The minimum atomic E-state index is -1.41.